The number of carbonyl (C=O) groups is 2. The highest BCUT2D eigenvalue weighted by Gasteiger charge is 2.21. The van der Waals surface area contributed by atoms with E-state index in [2.05, 4.69) is 15.6 Å². The van der Waals surface area contributed by atoms with E-state index in [9.17, 15) is 9.59 Å². The summed E-state index contributed by atoms with van der Waals surface area (Å²) < 4.78 is 10.5. The average molecular weight is 443 g/mol. The van der Waals surface area contributed by atoms with Crippen molar-refractivity contribution >= 4 is 34.0 Å². The van der Waals surface area contributed by atoms with Crippen LogP contribution in [0.5, 0.6) is 5.75 Å². The van der Waals surface area contributed by atoms with E-state index in [1.807, 2.05) is 31.2 Å². The van der Waals surface area contributed by atoms with Crippen LogP contribution in [0.2, 0.25) is 0 Å². The minimum Gasteiger partial charge on any atom is -0.497 e. The van der Waals surface area contributed by atoms with Crippen LogP contribution >= 0.6 is 11.3 Å². The summed E-state index contributed by atoms with van der Waals surface area (Å²) in [5.41, 5.74) is 1.16. The third kappa shape index (κ3) is 6.58. The molecule has 31 heavy (non-hydrogen) atoms. The van der Waals surface area contributed by atoms with Gasteiger partial charge in [0.25, 0.3) is 5.91 Å². The Bertz CT molecular complexity index is 970. The van der Waals surface area contributed by atoms with E-state index in [1.54, 1.807) is 35.8 Å². The van der Waals surface area contributed by atoms with Gasteiger partial charge in [-0.3, -0.25) is 9.59 Å². The first kappa shape index (κ1) is 22.4. The summed E-state index contributed by atoms with van der Waals surface area (Å²) in [5.74, 6) is 1.07. The number of nitrogens with zero attached hydrogens (tertiary/aromatic N) is 2. The van der Waals surface area contributed by atoms with Crippen LogP contribution in [0.3, 0.4) is 0 Å². The Labute approximate surface area is 185 Å². The van der Waals surface area contributed by atoms with Crippen LogP contribution in [0.1, 0.15) is 36.0 Å². The molecule has 0 aliphatic heterocycles. The summed E-state index contributed by atoms with van der Waals surface area (Å²) in [5, 5.41) is 8.33. The smallest absolute Gasteiger partial charge is 0.273 e. The Kier molecular flexibility index (Phi) is 8.05. The maximum absolute atomic E-state index is 13.1. The molecule has 9 heteroatoms. The lowest BCUT2D eigenvalue weighted by molar-refractivity contribution is -0.121. The lowest BCUT2D eigenvalue weighted by atomic mass is 10.3. The molecule has 0 atom stereocenters. The van der Waals surface area contributed by atoms with Crippen LogP contribution < -0.4 is 15.4 Å². The maximum atomic E-state index is 13.1. The van der Waals surface area contributed by atoms with Gasteiger partial charge in [0, 0.05) is 30.6 Å². The molecule has 0 aliphatic rings. The molecule has 8 nitrogen and oxygen atoms in total. The monoisotopic (exact) mass is 442 g/mol. The molecule has 0 radical (unpaired) electrons. The largest absolute Gasteiger partial charge is 0.497 e. The lowest BCUT2D eigenvalue weighted by Crippen LogP contribution is -2.35. The van der Waals surface area contributed by atoms with Gasteiger partial charge in [0.2, 0.25) is 5.91 Å². The number of hydrogen-bond donors (Lipinski definition) is 2. The van der Waals surface area contributed by atoms with Gasteiger partial charge in [0.1, 0.15) is 17.2 Å². The summed E-state index contributed by atoms with van der Waals surface area (Å²) in [6.07, 6.45) is 2.64. The van der Waals surface area contributed by atoms with Crippen molar-refractivity contribution < 1.29 is 18.7 Å². The number of hydrogen-bond acceptors (Lipinski definition) is 7. The molecule has 0 saturated heterocycles. The first-order valence-electron chi connectivity index (χ1n) is 10.0. The number of nitrogens with one attached hydrogen (secondary N) is 2. The molecular formula is C22H26N4O4S. The molecule has 2 aromatic heterocycles. The number of aromatic nitrogens is 1. The zero-order valence-corrected chi connectivity index (χ0v) is 18.4. The van der Waals surface area contributed by atoms with Crippen LogP contribution in [0.25, 0.3) is 0 Å². The molecule has 0 unspecified atom stereocenters. The van der Waals surface area contributed by atoms with Crippen LogP contribution in [0.4, 0.5) is 10.8 Å². The van der Waals surface area contributed by atoms with Crippen LogP contribution in [0.15, 0.2) is 52.5 Å². The molecule has 2 N–H and O–H groups in total. The number of furan rings is 1. The van der Waals surface area contributed by atoms with E-state index in [4.69, 9.17) is 9.15 Å². The van der Waals surface area contributed by atoms with Gasteiger partial charge in [-0.2, -0.15) is 0 Å². The number of rotatable bonds is 11. The molecule has 2 heterocycles. The van der Waals surface area contributed by atoms with Crippen molar-refractivity contribution in [3.8, 4) is 5.75 Å². The van der Waals surface area contributed by atoms with E-state index >= 15 is 0 Å². The second-order valence-corrected chi connectivity index (χ2v) is 7.66. The lowest BCUT2D eigenvalue weighted by Gasteiger charge is -2.20. The van der Waals surface area contributed by atoms with Gasteiger partial charge in [0.15, 0.2) is 5.13 Å². The van der Waals surface area contributed by atoms with Gasteiger partial charge < -0.3 is 24.7 Å². The SMILES string of the molecule is CCCNC(=O)CCN(Cc1ccco1)C(=O)c1csc(Nc2ccc(OC)cc2)n1. The molecule has 2 amide bonds. The molecule has 3 rings (SSSR count). The van der Waals surface area contributed by atoms with E-state index in [0.717, 1.165) is 17.9 Å². The zero-order chi connectivity index (χ0) is 22.1. The minimum absolute atomic E-state index is 0.0840. The van der Waals surface area contributed by atoms with E-state index < -0.39 is 0 Å². The van der Waals surface area contributed by atoms with Gasteiger partial charge >= 0.3 is 0 Å². The number of amides is 2. The van der Waals surface area contributed by atoms with E-state index in [-0.39, 0.29) is 31.3 Å². The number of carbonyl (C=O) groups excluding carboxylic acids is 2. The van der Waals surface area contributed by atoms with Crippen molar-refractivity contribution in [3.63, 3.8) is 0 Å². The molecule has 0 spiro atoms. The molecular weight excluding hydrogens is 416 g/mol. The summed E-state index contributed by atoms with van der Waals surface area (Å²) in [6, 6.07) is 11.0. The summed E-state index contributed by atoms with van der Waals surface area (Å²) >= 11 is 1.34. The van der Waals surface area contributed by atoms with Gasteiger partial charge in [-0.15, -0.1) is 11.3 Å². The van der Waals surface area contributed by atoms with Gasteiger partial charge in [-0.1, -0.05) is 6.92 Å². The molecule has 164 valence electrons. The minimum atomic E-state index is -0.251. The predicted molar refractivity (Wildman–Crippen MR) is 120 cm³/mol. The number of anilines is 2. The quantitative estimate of drug-likeness (QED) is 0.465. The fourth-order valence-electron chi connectivity index (χ4n) is 2.82. The average Bonchev–Trinajstić information content (AvgIpc) is 3.47. The van der Waals surface area contributed by atoms with Crippen molar-refractivity contribution in [2.24, 2.45) is 0 Å². The first-order valence-corrected chi connectivity index (χ1v) is 10.9. The Hall–Kier alpha value is -3.33. The van der Waals surface area contributed by atoms with Crippen molar-refractivity contribution in [1.29, 1.82) is 0 Å². The van der Waals surface area contributed by atoms with E-state index in [0.29, 0.717) is 23.1 Å². The Morgan fingerprint density at radius 2 is 2.03 bits per heavy atom. The summed E-state index contributed by atoms with van der Waals surface area (Å²) in [6.45, 7) is 3.16. The second-order valence-electron chi connectivity index (χ2n) is 6.80. The highest BCUT2D eigenvalue weighted by atomic mass is 32.1. The normalized spacial score (nSPS) is 10.5. The third-order valence-electron chi connectivity index (χ3n) is 4.46. The fraction of sp³-hybridized carbons (Fsp3) is 0.318. The molecule has 3 aromatic rings. The topological polar surface area (TPSA) is 96.7 Å². The van der Waals surface area contributed by atoms with Crippen LogP contribution in [-0.4, -0.2) is 41.9 Å². The number of thiazole rings is 1. The van der Waals surface area contributed by atoms with Crippen molar-refractivity contribution in [3.05, 3.63) is 59.5 Å². The fourth-order valence-corrected chi connectivity index (χ4v) is 3.53. The molecule has 0 fully saturated rings. The Morgan fingerprint density at radius 3 is 2.71 bits per heavy atom. The van der Waals surface area contributed by atoms with Crippen molar-refractivity contribution in [1.82, 2.24) is 15.2 Å². The third-order valence-corrected chi connectivity index (χ3v) is 5.22. The van der Waals surface area contributed by atoms with Crippen molar-refractivity contribution in [2.45, 2.75) is 26.3 Å². The summed E-state index contributed by atoms with van der Waals surface area (Å²) in [7, 11) is 1.61. The molecule has 1 aromatic carbocycles. The number of benzene rings is 1. The van der Waals surface area contributed by atoms with Gasteiger partial charge in [-0.05, 0) is 42.8 Å². The standard InChI is InChI=1S/C22H26N4O4S/c1-3-11-23-20(27)10-12-26(14-18-5-4-13-30-18)21(28)19-15-31-22(25-19)24-16-6-8-17(29-2)9-7-16/h4-9,13,15H,3,10-12,14H2,1-2H3,(H,23,27)(H,24,25). The van der Waals surface area contributed by atoms with Crippen LogP contribution in [0, 0.1) is 0 Å². The van der Waals surface area contributed by atoms with Crippen molar-refractivity contribution in [2.75, 3.05) is 25.5 Å². The maximum Gasteiger partial charge on any atom is 0.273 e. The van der Waals surface area contributed by atoms with Crippen LogP contribution in [-0.2, 0) is 11.3 Å². The van der Waals surface area contributed by atoms with Gasteiger partial charge in [0.05, 0.1) is 19.9 Å². The molecule has 0 saturated carbocycles. The van der Waals surface area contributed by atoms with E-state index in [1.165, 1.54) is 11.3 Å². The first-order chi connectivity index (χ1) is 15.1. The second kappa shape index (κ2) is 11.2. The predicted octanol–water partition coefficient (Wildman–Crippen LogP) is 4.05. The van der Waals surface area contributed by atoms with Gasteiger partial charge in [-0.25, -0.2) is 4.98 Å². The Balaban J connectivity index is 1.67. The number of ether oxygens (including phenoxy) is 1. The Morgan fingerprint density at radius 1 is 1.23 bits per heavy atom. The zero-order valence-electron chi connectivity index (χ0n) is 17.6. The highest BCUT2D eigenvalue weighted by molar-refractivity contribution is 7.14. The molecule has 0 bridgehead atoms. The molecule has 0 aliphatic carbocycles. The summed E-state index contributed by atoms with van der Waals surface area (Å²) in [4.78, 5) is 31.1. The highest BCUT2D eigenvalue weighted by Crippen LogP contribution is 2.24. The number of methoxy groups -OCH3 is 1.